The lowest BCUT2D eigenvalue weighted by molar-refractivity contribution is -0.137. The van der Waals surface area contributed by atoms with Gasteiger partial charge in [-0.05, 0) is 56.2 Å². The Balaban J connectivity index is 1.90. The van der Waals surface area contributed by atoms with Crippen molar-refractivity contribution >= 4 is 28.9 Å². The van der Waals surface area contributed by atoms with Crippen molar-refractivity contribution < 1.29 is 22.7 Å². The van der Waals surface area contributed by atoms with Crippen LogP contribution < -0.4 is 15.0 Å². The highest BCUT2D eigenvalue weighted by Crippen LogP contribution is 2.37. The number of benzene rings is 2. The number of nitrogens with one attached hydrogen (secondary N) is 1. The molecule has 1 saturated heterocycles. The van der Waals surface area contributed by atoms with E-state index in [1.54, 1.807) is 6.07 Å². The summed E-state index contributed by atoms with van der Waals surface area (Å²) >= 11 is 6.11. The number of carbonyl (C=O) groups is 1. The highest BCUT2D eigenvalue weighted by molar-refractivity contribution is 6.32. The first-order chi connectivity index (χ1) is 13.3. The van der Waals surface area contributed by atoms with E-state index in [4.69, 9.17) is 16.3 Å². The second kappa shape index (κ2) is 8.31. The summed E-state index contributed by atoms with van der Waals surface area (Å²) in [5, 5.41) is 2.88. The van der Waals surface area contributed by atoms with Crippen molar-refractivity contribution in [3.8, 4) is 5.75 Å². The Hall–Kier alpha value is -2.41. The summed E-state index contributed by atoms with van der Waals surface area (Å²) in [4.78, 5) is 14.6. The van der Waals surface area contributed by atoms with E-state index in [2.05, 4.69) is 5.32 Å². The first kappa shape index (κ1) is 20.3. The fraction of sp³-hybridized carbons (Fsp3) is 0.350. The van der Waals surface area contributed by atoms with Crippen molar-refractivity contribution in [2.24, 2.45) is 0 Å². The van der Waals surface area contributed by atoms with Crippen LogP contribution in [0.5, 0.6) is 5.75 Å². The van der Waals surface area contributed by atoms with E-state index in [0.29, 0.717) is 18.0 Å². The van der Waals surface area contributed by atoms with Crippen molar-refractivity contribution in [1.29, 1.82) is 0 Å². The van der Waals surface area contributed by atoms with Gasteiger partial charge in [0.2, 0.25) is 0 Å². The molecule has 0 unspecified atom stereocenters. The molecule has 0 spiro atoms. The molecule has 3 rings (SSSR count). The van der Waals surface area contributed by atoms with Crippen LogP contribution in [0, 0.1) is 0 Å². The summed E-state index contributed by atoms with van der Waals surface area (Å²) in [5.74, 6) is -0.0951. The molecule has 0 atom stereocenters. The number of ether oxygens (including phenoxy) is 1. The molecule has 0 aliphatic carbocycles. The third kappa shape index (κ3) is 4.52. The lowest BCUT2D eigenvalue weighted by Crippen LogP contribution is -2.22. The van der Waals surface area contributed by atoms with Crippen LogP contribution in [-0.4, -0.2) is 25.6 Å². The largest absolute Gasteiger partial charge is 0.492 e. The van der Waals surface area contributed by atoms with E-state index in [9.17, 15) is 18.0 Å². The van der Waals surface area contributed by atoms with Gasteiger partial charge < -0.3 is 15.0 Å². The standard InChI is InChI=1S/C20H20ClF3N2O2/c1-2-28-18-8-5-13(11-15(18)21)19(27)25-16-12-14(20(22,23)24)6-7-17(16)26-9-3-4-10-26/h5-8,11-12H,2-4,9-10H2,1H3,(H,25,27). The zero-order chi connectivity index (χ0) is 20.3. The molecule has 0 saturated carbocycles. The molecule has 0 bridgehead atoms. The van der Waals surface area contributed by atoms with Gasteiger partial charge in [0.1, 0.15) is 5.75 Å². The summed E-state index contributed by atoms with van der Waals surface area (Å²) in [7, 11) is 0. The quantitative estimate of drug-likeness (QED) is 0.694. The first-order valence-corrected chi connectivity index (χ1v) is 9.37. The second-order valence-corrected chi connectivity index (χ2v) is 6.86. The number of alkyl halides is 3. The fourth-order valence-corrected chi connectivity index (χ4v) is 3.39. The zero-order valence-corrected chi connectivity index (χ0v) is 16.0. The van der Waals surface area contributed by atoms with Gasteiger partial charge >= 0.3 is 6.18 Å². The summed E-state index contributed by atoms with van der Waals surface area (Å²) in [6.45, 7) is 3.71. The predicted molar refractivity (Wildman–Crippen MR) is 103 cm³/mol. The zero-order valence-electron chi connectivity index (χ0n) is 15.3. The van der Waals surface area contributed by atoms with Gasteiger partial charge in [-0.2, -0.15) is 13.2 Å². The van der Waals surface area contributed by atoms with Crippen molar-refractivity contribution in [2.75, 3.05) is 29.9 Å². The predicted octanol–water partition coefficient (Wildman–Crippen LogP) is 5.61. The summed E-state index contributed by atoms with van der Waals surface area (Å²) in [6.07, 6.45) is -2.57. The maximum atomic E-state index is 13.1. The van der Waals surface area contributed by atoms with Crippen molar-refractivity contribution in [2.45, 2.75) is 25.9 Å². The van der Waals surface area contributed by atoms with Gasteiger partial charge in [0.05, 0.1) is 28.6 Å². The van der Waals surface area contributed by atoms with Crippen molar-refractivity contribution in [1.82, 2.24) is 0 Å². The molecule has 1 aliphatic rings. The Morgan fingerprint density at radius 2 is 1.89 bits per heavy atom. The third-order valence-electron chi connectivity index (χ3n) is 4.51. The van der Waals surface area contributed by atoms with Gasteiger partial charge in [-0.1, -0.05) is 11.6 Å². The SMILES string of the molecule is CCOc1ccc(C(=O)Nc2cc(C(F)(F)F)ccc2N2CCCC2)cc1Cl. The number of amides is 1. The summed E-state index contributed by atoms with van der Waals surface area (Å²) < 4.78 is 44.8. The van der Waals surface area contributed by atoms with Gasteiger partial charge in [-0.3, -0.25) is 4.79 Å². The van der Waals surface area contributed by atoms with Crippen LogP contribution in [0.2, 0.25) is 5.02 Å². The molecule has 1 N–H and O–H groups in total. The number of anilines is 2. The molecule has 0 aromatic heterocycles. The molecular formula is C20H20ClF3N2O2. The number of carbonyl (C=O) groups excluding carboxylic acids is 1. The monoisotopic (exact) mass is 412 g/mol. The Bertz CT molecular complexity index is 865. The maximum Gasteiger partial charge on any atom is 0.416 e. The van der Waals surface area contributed by atoms with Crippen LogP contribution in [0.25, 0.3) is 0 Å². The average Bonchev–Trinajstić information content (AvgIpc) is 3.17. The molecule has 150 valence electrons. The van der Waals surface area contributed by atoms with E-state index in [-0.39, 0.29) is 16.3 Å². The average molecular weight is 413 g/mol. The number of hydrogen-bond donors (Lipinski definition) is 1. The summed E-state index contributed by atoms with van der Waals surface area (Å²) in [5.41, 5.74) is 0.135. The van der Waals surface area contributed by atoms with E-state index in [1.807, 2.05) is 11.8 Å². The van der Waals surface area contributed by atoms with E-state index < -0.39 is 17.6 Å². The fourth-order valence-electron chi connectivity index (χ4n) is 3.16. The molecule has 2 aromatic carbocycles. The molecule has 0 radical (unpaired) electrons. The second-order valence-electron chi connectivity index (χ2n) is 6.46. The van der Waals surface area contributed by atoms with Crippen LogP contribution in [0.3, 0.4) is 0 Å². The molecule has 2 aromatic rings. The maximum absolute atomic E-state index is 13.1. The van der Waals surface area contributed by atoms with Crippen LogP contribution in [0.4, 0.5) is 24.5 Å². The Morgan fingerprint density at radius 1 is 1.18 bits per heavy atom. The third-order valence-corrected chi connectivity index (χ3v) is 4.81. The molecule has 1 fully saturated rings. The molecule has 4 nitrogen and oxygen atoms in total. The molecule has 1 amide bonds. The minimum absolute atomic E-state index is 0.131. The molecule has 28 heavy (non-hydrogen) atoms. The molecule has 8 heteroatoms. The Morgan fingerprint density at radius 3 is 2.50 bits per heavy atom. The molecular weight excluding hydrogens is 393 g/mol. The topological polar surface area (TPSA) is 41.6 Å². The number of hydrogen-bond acceptors (Lipinski definition) is 3. The lowest BCUT2D eigenvalue weighted by atomic mass is 10.1. The Labute approximate surface area is 166 Å². The van der Waals surface area contributed by atoms with E-state index in [1.165, 1.54) is 18.2 Å². The lowest BCUT2D eigenvalue weighted by Gasteiger charge is -2.23. The van der Waals surface area contributed by atoms with Crippen LogP contribution in [0.1, 0.15) is 35.7 Å². The van der Waals surface area contributed by atoms with Gasteiger partial charge in [0.15, 0.2) is 0 Å². The Kier molecular flexibility index (Phi) is 6.03. The number of nitrogens with zero attached hydrogens (tertiary/aromatic N) is 1. The molecule has 1 aliphatic heterocycles. The van der Waals surface area contributed by atoms with Crippen molar-refractivity contribution in [3.63, 3.8) is 0 Å². The van der Waals surface area contributed by atoms with Gasteiger partial charge in [0, 0.05) is 18.7 Å². The number of halogens is 4. The highest BCUT2D eigenvalue weighted by Gasteiger charge is 2.32. The minimum Gasteiger partial charge on any atom is -0.492 e. The van der Waals surface area contributed by atoms with E-state index >= 15 is 0 Å². The van der Waals surface area contributed by atoms with Crippen LogP contribution in [-0.2, 0) is 6.18 Å². The summed E-state index contributed by atoms with van der Waals surface area (Å²) in [6, 6.07) is 7.95. The van der Waals surface area contributed by atoms with Gasteiger partial charge in [-0.15, -0.1) is 0 Å². The number of rotatable bonds is 5. The minimum atomic E-state index is -4.49. The van der Waals surface area contributed by atoms with Crippen LogP contribution >= 0.6 is 11.6 Å². The van der Waals surface area contributed by atoms with Crippen LogP contribution in [0.15, 0.2) is 36.4 Å². The smallest absolute Gasteiger partial charge is 0.416 e. The normalized spacial score (nSPS) is 14.2. The highest BCUT2D eigenvalue weighted by atomic mass is 35.5. The van der Waals surface area contributed by atoms with Gasteiger partial charge in [-0.25, -0.2) is 0 Å². The first-order valence-electron chi connectivity index (χ1n) is 8.99. The molecule has 1 heterocycles. The van der Waals surface area contributed by atoms with Gasteiger partial charge in [0.25, 0.3) is 5.91 Å². The van der Waals surface area contributed by atoms with E-state index in [0.717, 1.165) is 38.1 Å². The van der Waals surface area contributed by atoms with Crippen molar-refractivity contribution in [3.05, 3.63) is 52.5 Å².